The van der Waals surface area contributed by atoms with Gasteiger partial charge in [-0.1, -0.05) is 67.6 Å². The number of nitrogens with zero attached hydrogens (tertiary/aromatic N) is 2. The van der Waals surface area contributed by atoms with Crippen LogP contribution in [0, 0.1) is 0 Å². The fraction of sp³-hybridized carbons (Fsp3) is 0.133. The number of rotatable bonds is 2. The Kier molecular flexibility index (Phi) is 4.54. The van der Waals surface area contributed by atoms with Crippen molar-refractivity contribution in [2.24, 2.45) is 0 Å². The molecule has 0 saturated carbocycles. The molecule has 5 heteroatoms. The van der Waals surface area contributed by atoms with Crippen LogP contribution in [-0.2, 0) is 12.8 Å². The molecule has 1 aliphatic carbocycles. The molecular formula is C30H22N2O2S. The lowest BCUT2D eigenvalue weighted by Gasteiger charge is -2.28. The number of fused-ring (bicyclic) bond motifs is 5. The lowest BCUT2D eigenvalue weighted by Crippen LogP contribution is -2.13. The highest BCUT2D eigenvalue weighted by Crippen LogP contribution is 2.43. The van der Waals surface area contributed by atoms with Gasteiger partial charge in [0.15, 0.2) is 0 Å². The van der Waals surface area contributed by atoms with Crippen LogP contribution in [0.1, 0.15) is 35.4 Å². The summed E-state index contributed by atoms with van der Waals surface area (Å²) in [6.45, 7) is 2.10. The number of para-hydroxylation sites is 1. The van der Waals surface area contributed by atoms with E-state index in [9.17, 15) is 4.79 Å². The highest BCUT2D eigenvalue weighted by molar-refractivity contribution is 7.10. The molecule has 0 aliphatic heterocycles. The molecule has 6 aromatic rings. The molecule has 7 rings (SSSR count). The van der Waals surface area contributed by atoms with Crippen LogP contribution < -0.4 is 5.63 Å². The third-order valence-electron chi connectivity index (χ3n) is 7.19. The summed E-state index contributed by atoms with van der Waals surface area (Å²) in [6, 6.07) is 29.5. The third kappa shape index (κ3) is 3.05. The zero-order chi connectivity index (χ0) is 23.5. The Bertz CT molecular complexity index is 1860. The third-order valence-corrected chi connectivity index (χ3v) is 7.93. The first-order valence-corrected chi connectivity index (χ1v) is 12.7. The number of aryl methyl sites for hydroxylation is 1. The molecule has 1 unspecified atom stereocenters. The van der Waals surface area contributed by atoms with Crippen molar-refractivity contribution in [3.8, 4) is 11.1 Å². The van der Waals surface area contributed by atoms with Gasteiger partial charge in [0, 0.05) is 24.0 Å². The van der Waals surface area contributed by atoms with E-state index >= 15 is 0 Å². The summed E-state index contributed by atoms with van der Waals surface area (Å²) in [6.07, 6.45) is 1.68. The highest BCUT2D eigenvalue weighted by Gasteiger charge is 2.26. The second kappa shape index (κ2) is 7.79. The van der Waals surface area contributed by atoms with Gasteiger partial charge in [-0.25, -0.2) is 9.78 Å². The van der Waals surface area contributed by atoms with Gasteiger partial charge in [-0.05, 0) is 58.5 Å². The molecule has 0 amide bonds. The van der Waals surface area contributed by atoms with Crippen LogP contribution >= 0.6 is 11.6 Å². The first-order valence-electron chi connectivity index (χ1n) is 11.9. The van der Waals surface area contributed by atoms with Crippen molar-refractivity contribution >= 4 is 38.3 Å². The standard InChI is InChI=1S/C30H22N2O2S/c1-2-28-31-25-12-7-13-27-29(25)32(28)26-17-19(14-15-23(26)30(33)34-35-27)24-16-18-8-3-4-9-20(18)21-10-5-6-11-22(21)24/h3-15,17,24H,2,16H2,1H3. The highest BCUT2D eigenvalue weighted by atomic mass is 32.1. The molecule has 2 aromatic heterocycles. The molecule has 4 aromatic carbocycles. The quantitative estimate of drug-likeness (QED) is 0.268. The summed E-state index contributed by atoms with van der Waals surface area (Å²) in [4.78, 5) is 18.0. The summed E-state index contributed by atoms with van der Waals surface area (Å²) < 4.78 is 8.69. The van der Waals surface area contributed by atoms with Crippen LogP contribution in [0.15, 0.2) is 93.6 Å². The van der Waals surface area contributed by atoms with Crippen LogP contribution in [0.3, 0.4) is 0 Å². The smallest absolute Gasteiger partial charge is 0.356 e. The van der Waals surface area contributed by atoms with Crippen LogP contribution in [0.2, 0.25) is 0 Å². The minimum Gasteiger partial charge on any atom is -0.361 e. The minimum atomic E-state index is -0.329. The van der Waals surface area contributed by atoms with Gasteiger partial charge in [-0.15, -0.1) is 0 Å². The molecule has 35 heavy (non-hydrogen) atoms. The molecule has 0 saturated heterocycles. The van der Waals surface area contributed by atoms with E-state index in [1.807, 2.05) is 24.3 Å². The van der Waals surface area contributed by atoms with E-state index in [1.54, 1.807) is 0 Å². The lowest BCUT2D eigenvalue weighted by atomic mass is 9.75. The first kappa shape index (κ1) is 20.4. The van der Waals surface area contributed by atoms with Gasteiger partial charge >= 0.3 is 5.63 Å². The Morgan fingerprint density at radius 2 is 1.80 bits per heavy atom. The number of hydrogen-bond acceptors (Lipinski definition) is 4. The Hall–Kier alpha value is -3.96. The van der Waals surface area contributed by atoms with Crippen molar-refractivity contribution in [1.82, 2.24) is 9.38 Å². The Morgan fingerprint density at radius 3 is 2.69 bits per heavy atom. The molecule has 0 radical (unpaired) electrons. The fourth-order valence-electron chi connectivity index (χ4n) is 5.59. The predicted molar refractivity (Wildman–Crippen MR) is 142 cm³/mol. The van der Waals surface area contributed by atoms with E-state index in [-0.39, 0.29) is 11.5 Å². The van der Waals surface area contributed by atoms with Gasteiger partial charge in [0.1, 0.15) is 5.82 Å². The molecule has 170 valence electrons. The zero-order valence-electron chi connectivity index (χ0n) is 19.2. The number of hydrogen-bond donors (Lipinski definition) is 0. The number of imidazole rings is 1. The maximum absolute atomic E-state index is 13.1. The van der Waals surface area contributed by atoms with Gasteiger partial charge in [-0.2, -0.15) is 0 Å². The number of benzene rings is 4. The van der Waals surface area contributed by atoms with Crippen LogP contribution in [0.5, 0.6) is 0 Å². The maximum atomic E-state index is 13.1. The molecule has 0 bridgehead atoms. The maximum Gasteiger partial charge on any atom is 0.356 e. The monoisotopic (exact) mass is 474 g/mol. The topological polar surface area (TPSA) is 47.5 Å². The Morgan fingerprint density at radius 1 is 0.971 bits per heavy atom. The van der Waals surface area contributed by atoms with E-state index in [0.717, 1.165) is 51.5 Å². The molecule has 4 nitrogen and oxygen atoms in total. The average molecular weight is 475 g/mol. The molecule has 0 fully saturated rings. The predicted octanol–water partition coefficient (Wildman–Crippen LogP) is 7.14. The van der Waals surface area contributed by atoms with Crippen molar-refractivity contribution < 1.29 is 3.85 Å². The largest absolute Gasteiger partial charge is 0.361 e. The molecule has 2 heterocycles. The van der Waals surface area contributed by atoms with Crippen molar-refractivity contribution in [2.75, 3.05) is 0 Å². The van der Waals surface area contributed by atoms with E-state index in [1.165, 1.54) is 27.8 Å². The normalized spacial score (nSPS) is 14.8. The summed E-state index contributed by atoms with van der Waals surface area (Å²) in [7, 11) is 0. The minimum absolute atomic E-state index is 0.196. The van der Waals surface area contributed by atoms with Crippen molar-refractivity contribution in [2.45, 2.75) is 25.7 Å². The number of aromatic nitrogens is 2. The van der Waals surface area contributed by atoms with Gasteiger partial charge in [-0.3, -0.25) is 4.40 Å². The van der Waals surface area contributed by atoms with Crippen molar-refractivity contribution in [3.05, 3.63) is 118 Å². The Labute approximate surface area is 206 Å². The first-order chi connectivity index (χ1) is 17.2. The second-order valence-electron chi connectivity index (χ2n) is 9.07. The zero-order valence-corrected chi connectivity index (χ0v) is 20.0. The molecular weight excluding hydrogens is 452 g/mol. The van der Waals surface area contributed by atoms with Gasteiger partial charge in [0.05, 0.1) is 26.6 Å². The van der Waals surface area contributed by atoms with Gasteiger partial charge in [0.25, 0.3) is 0 Å². The van der Waals surface area contributed by atoms with Crippen LogP contribution in [0.4, 0.5) is 0 Å². The van der Waals surface area contributed by atoms with Gasteiger partial charge < -0.3 is 3.85 Å². The Balaban J connectivity index is 1.56. The molecule has 1 atom stereocenters. The summed E-state index contributed by atoms with van der Waals surface area (Å²) in [5, 5.41) is 0.564. The molecule has 0 N–H and O–H groups in total. The lowest BCUT2D eigenvalue weighted by molar-refractivity contribution is 0.645. The van der Waals surface area contributed by atoms with Crippen molar-refractivity contribution in [1.29, 1.82) is 0 Å². The van der Waals surface area contributed by atoms with Crippen LogP contribution in [-0.4, -0.2) is 9.38 Å². The molecule has 0 spiro atoms. The van der Waals surface area contributed by atoms with Gasteiger partial charge in [0.2, 0.25) is 0 Å². The van der Waals surface area contributed by atoms with E-state index in [2.05, 4.69) is 72.0 Å². The fourth-order valence-corrected chi connectivity index (χ4v) is 6.26. The van der Waals surface area contributed by atoms with Crippen LogP contribution in [0.25, 0.3) is 37.8 Å². The summed E-state index contributed by atoms with van der Waals surface area (Å²) in [5.41, 5.74) is 8.88. The summed E-state index contributed by atoms with van der Waals surface area (Å²) >= 11 is 1.12. The van der Waals surface area contributed by atoms with E-state index in [0.29, 0.717) is 5.39 Å². The van der Waals surface area contributed by atoms with E-state index in [4.69, 9.17) is 8.83 Å². The average Bonchev–Trinajstić information content (AvgIpc) is 3.29. The second-order valence-corrected chi connectivity index (χ2v) is 9.85. The van der Waals surface area contributed by atoms with E-state index < -0.39 is 0 Å². The SMILES string of the molecule is CCc1nc2cccc3soc(=O)c4ccc(C5Cc6ccccc6-c6ccccc65)cc4n1c23. The molecule has 1 aliphatic rings. The summed E-state index contributed by atoms with van der Waals surface area (Å²) in [5.74, 6) is 1.14. The van der Waals surface area contributed by atoms with Crippen molar-refractivity contribution in [3.63, 3.8) is 0 Å².